The van der Waals surface area contributed by atoms with Gasteiger partial charge >= 0.3 is 11.9 Å². The number of esters is 2. The van der Waals surface area contributed by atoms with Crippen LogP contribution in [0.3, 0.4) is 0 Å². The molecule has 2 aromatic heterocycles. The fourth-order valence-electron chi connectivity index (χ4n) is 4.65. The van der Waals surface area contributed by atoms with Gasteiger partial charge in [-0.05, 0) is 19.8 Å². The second kappa shape index (κ2) is 9.69. The van der Waals surface area contributed by atoms with Gasteiger partial charge in [-0.15, -0.1) is 0 Å². The molecule has 2 aliphatic rings. The molecule has 0 spiro atoms. The highest BCUT2D eigenvalue weighted by Crippen LogP contribution is 2.44. The van der Waals surface area contributed by atoms with Crippen LogP contribution in [0.4, 0.5) is 16.2 Å². The first-order valence-corrected chi connectivity index (χ1v) is 11.6. The third-order valence-electron chi connectivity index (χ3n) is 6.48. The topological polar surface area (TPSA) is 143 Å². The maximum Gasteiger partial charge on any atom is 0.309 e. The smallest absolute Gasteiger partial charge is 0.309 e. The molecular formula is C22H31FN6O5. The van der Waals surface area contributed by atoms with E-state index >= 15 is 4.39 Å². The van der Waals surface area contributed by atoms with Gasteiger partial charge < -0.3 is 25.3 Å². The van der Waals surface area contributed by atoms with Gasteiger partial charge in [0.15, 0.2) is 35.0 Å². The molecule has 186 valence electrons. The molecule has 0 amide bonds. The van der Waals surface area contributed by atoms with E-state index in [-0.39, 0.29) is 36.5 Å². The largest absolute Gasteiger partial charge is 0.463 e. The molecule has 3 heterocycles. The van der Waals surface area contributed by atoms with Crippen LogP contribution in [-0.2, 0) is 23.8 Å². The highest BCUT2D eigenvalue weighted by atomic mass is 19.1. The molecule has 2 aromatic rings. The summed E-state index contributed by atoms with van der Waals surface area (Å²) in [5.41, 5.74) is 4.28. The monoisotopic (exact) mass is 478 g/mol. The van der Waals surface area contributed by atoms with Gasteiger partial charge in [0.05, 0.1) is 12.2 Å². The summed E-state index contributed by atoms with van der Waals surface area (Å²) in [6.45, 7) is 2.66. The van der Waals surface area contributed by atoms with E-state index in [1.54, 1.807) is 14.0 Å². The summed E-state index contributed by atoms with van der Waals surface area (Å²) in [6.07, 6.45) is 2.48. The van der Waals surface area contributed by atoms with Gasteiger partial charge in [-0.1, -0.05) is 26.2 Å². The van der Waals surface area contributed by atoms with Gasteiger partial charge in [-0.25, -0.2) is 9.37 Å². The molecule has 1 saturated carbocycles. The van der Waals surface area contributed by atoms with Crippen LogP contribution < -0.4 is 11.1 Å². The van der Waals surface area contributed by atoms with Crippen LogP contribution in [0.25, 0.3) is 11.2 Å². The van der Waals surface area contributed by atoms with Crippen molar-refractivity contribution in [1.29, 1.82) is 0 Å². The molecule has 34 heavy (non-hydrogen) atoms. The minimum Gasteiger partial charge on any atom is -0.463 e. The molecule has 0 unspecified atom stereocenters. The predicted molar refractivity (Wildman–Crippen MR) is 120 cm³/mol. The van der Waals surface area contributed by atoms with Crippen molar-refractivity contribution in [3.05, 3.63) is 6.33 Å². The number of hydrogen-bond acceptors (Lipinski definition) is 10. The van der Waals surface area contributed by atoms with Crippen molar-refractivity contribution in [2.24, 2.45) is 5.92 Å². The quantitative estimate of drug-likeness (QED) is 0.570. The second-order valence-corrected chi connectivity index (χ2v) is 8.91. The number of imidazole rings is 1. The number of hydrogen-bond donors (Lipinski definition) is 2. The maximum absolute atomic E-state index is 16.3. The van der Waals surface area contributed by atoms with Gasteiger partial charge in [-0.3, -0.25) is 14.2 Å². The van der Waals surface area contributed by atoms with Crippen LogP contribution >= 0.6 is 0 Å². The Bertz CT molecular complexity index is 1050. The molecule has 1 aliphatic heterocycles. The number of carbonyl (C=O) groups is 2. The van der Waals surface area contributed by atoms with Crippen LogP contribution in [0.1, 0.15) is 58.6 Å². The van der Waals surface area contributed by atoms with E-state index in [4.69, 9.17) is 19.9 Å². The second-order valence-electron chi connectivity index (χ2n) is 8.91. The van der Waals surface area contributed by atoms with Crippen LogP contribution in [0, 0.1) is 5.92 Å². The summed E-state index contributed by atoms with van der Waals surface area (Å²) in [5.74, 6) is -0.728. The molecule has 12 heteroatoms. The van der Waals surface area contributed by atoms with Crippen molar-refractivity contribution in [2.75, 3.05) is 24.7 Å². The molecule has 4 atom stereocenters. The zero-order valence-electron chi connectivity index (χ0n) is 19.6. The van der Waals surface area contributed by atoms with Crippen molar-refractivity contribution in [1.82, 2.24) is 19.5 Å². The van der Waals surface area contributed by atoms with Crippen molar-refractivity contribution in [2.45, 2.75) is 76.5 Å². The van der Waals surface area contributed by atoms with Crippen molar-refractivity contribution >= 4 is 34.9 Å². The molecule has 0 bridgehead atoms. The van der Waals surface area contributed by atoms with E-state index < -0.39 is 30.1 Å². The third kappa shape index (κ3) is 4.50. The summed E-state index contributed by atoms with van der Waals surface area (Å²) < 4.78 is 34.6. The number of halogens is 1. The van der Waals surface area contributed by atoms with Gasteiger partial charge in [0, 0.05) is 13.5 Å². The van der Waals surface area contributed by atoms with Crippen molar-refractivity contribution in [3.63, 3.8) is 0 Å². The number of carbonyl (C=O) groups excluding carboxylic acids is 2. The minimum absolute atomic E-state index is 0.0240. The Morgan fingerprint density at radius 2 is 2.06 bits per heavy atom. The Morgan fingerprint density at radius 3 is 2.74 bits per heavy atom. The lowest BCUT2D eigenvalue weighted by Crippen LogP contribution is -2.44. The van der Waals surface area contributed by atoms with Crippen molar-refractivity contribution < 1.29 is 28.2 Å². The molecule has 3 N–H and O–H groups in total. The molecule has 1 aliphatic carbocycles. The lowest BCUT2D eigenvalue weighted by atomic mass is 9.89. The molecule has 0 aromatic carbocycles. The molecular weight excluding hydrogens is 447 g/mol. The summed E-state index contributed by atoms with van der Waals surface area (Å²) in [5, 5.41) is 2.88. The van der Waals surface area contributed by atoms with Crippen LogP contribution in [0.5, 0.6) is 0 Å². The van der Waals surface area contributed by atoms with E-state index in [0.29, 0.717) is 11.3 Å². The van der Waals surface area contributed by atoms with Crippen LogP contribution in [-0.4, -0.2) is 63.0 Å². The van der Waals surface area contributed by atoms with E-state index in [2.05, 4.69) is 20.3 Å². The number of nitrogen functional groups attached to an aromatic ring is 1. The van der Waals surface area contributed by atoms with E-state index in [1.165, 1.54) is 17.8 Å². The highest BCUT2D eigenvalue weighted by Gasteiger charge is 2.58. The van der Waals surface area contributed by atoms with Gasteiger partial charge in [-0.2, -0.15) is 9.97 Å². The maximum atomic E-state index is 16.3. The Balaban J connectivity index is 1.61. The lowest BCUT2D eigenvalue weighted by Gasteiger charge is -2.27. The average Bonchev–Trinajstić information content (AvgIpc) is 3.35. The number of fused-ring (bicyclic) bond motifs is 1. The number of anilines is 2. The van der Waals surface area contributed by atoms with E-state index in [0.717, 1.165) is 32.1 Å². The van der Waals surface area contributed by atoms with Crippen LogP contribution in [0.2, 0.25) is 0 Å². The highest BCUT2D eigenvalue weighted by molar-refractivity contribution is 5.84. The van der Waals surface area contributed by atoms with Gasteiger partial charge in [0.1, 0.15) is 12.7 Å². The van der Waals surface area contributed by atoms with Crippen molar-refractivity contribution in [3.8, 4) is 0 Å². The summed E-state index contributed by atoms with van der Waals surface area (Å²) >= 11 is 0. The van der Waals surface area contributed by atoms with E-state index in [1.807, 2.05) is 0 Å². The molecule has 2 fully saturated rings. The third-order valence-corrected chi connectivity index (χ3v) is 6.48. The first-order chi connectivity index (χ1) is 16.3. The average molecular weight is 479 g/mol. The van der Waals surface area contributed by atoms with Gasteiger partial charge in [0.25, 0.3) is 0 Å². The van der Waals surface area contributed by atoms with Crippen LogP contribution in [0.15, 0.2) is 6.33 Å². The Kier molecular flexibility index (Phi) is 6.87. The standard InChI is InChI=1S/C22H31FN6O5/c1-4-14(30)34-16-13(10-32-19(31)12-8-6-5-7-9-12)33-20(22(16,2)23)29-11-26-15-17(25-3)27-21(24)28-18(15)29/h11-13,16,20H,4-10H2,1-3H3,(H3,24,25,27,28)/t13-,16-,20-,22-/m1/s1. The number of nitrogens with one attached hydrogen (secondary N) is 1. The summed E-state index contributed by atoms with van der Waals surface area (Å²) in [4.78, 5) is 37.2. The lowest BCUT2D eigenvalue weighted by molar-refractivity contribution is -0.163. The van der Waals surface area contributed by atoms with Gasteiger partial charge in [0.2, 0.25) is 5.95 Å². The zero-order valence-corrected chi connectivity index (χ0v) is 19.6. The number of nitrogens with zero attached hydrogens (tertiary/aromatic N) is 4. The fourth-order valence-corrected chi connectivity index (χ4v) is 4.65. The fraction of sp³-hybridized carbons (Fsp3) is 0.682. The van der Waals surface area contributed by atoms with E-state index in [9.17, 15) is 9.59 Å². The number of aromatic nitrogens is 4. The normalized spacial score (nSPS) is 27.6. The minimum atomic E-state index is -2.18. The predicted octanol–water partition coefficient (Wildman–Crippen LogP) is 2.52. The molecule has 4 rings (SSSR count). The Morgan fingerprint density at radius 1 is 1.32 bits per heavy atom. The summed E-state index contributed by atoms with van der Waals surface area (Å²) in [6, 6.07) is 0. The number of nitrogens with two attached hydrogens (primary N) is 1. The molecule has 0 radical (unpaired) electrons. The SMILES string of the molecule is CCC(=O)O[C@@H]1[C@@H](COC(=O)C2CCCCC2)O[C@@H](n2cnc3c(NC)nc(N)nc32)[C@]1(C)F. The zero-order chi connectivity index (χ0) is 24.5. The number of rotatable bonds is 7. The summed E-state index contributed by atoms with van der Waals surface area (Å²) in [7, 11) is 1.66. The first-order valence-electron chi connectivity index (χ1n) is 11.6. The molecule has 11 nitrogen and oxygen atoms in total. The number of ether oxygens (including phenoxy) is 3. The first kappa shape index (κ1) is 24.1. The Labute approximate surface area is 196 Å². The number of alkyl halides is 1. The molecule has 1 saturated heterocycles. The Hall–Kier alpha value is -3.02.